The molecule has 0 radical (unpaired) electrons. The summed E-state index contributed by atoms with van der Waals surface area (Å²) in [5.41, 5.74) is 0.644. The van der Waals surface area contributed by atoms with Gasteiger partial charge >= 0.3 is 0 Å². The van der Waals surface area contributed by atoms with E-state index in [9.17, 15) is 4.39 Å². The zero-order valence-corrected chi connectivity index (χ0v) is 11.6. The smallest absolute Gasteiger partial charge is 0.231 e. The van der Waals surface area contributed by atoms with Crippen molar-refractivity contribution in [2.75, 3.05) is 19.9 Å². The Morgan fingerprint density at radius 1 is 1.44 bits per heavy atom. The predicted octanol–water partition coefficient (Wildman–Crippen LogP) is 2.86. The number of rotatable bonds is 2. The zero-order valence-electron chi connectivity index (χ0n) is 9.97. The number of halogens is 2. The molecule has 3 rings (SSSR count). The number of ether oxygens (including phenoxy) is 2. The predicted molar refractivity (Wildman–Crippen MR) is 69.5 cm³/mol. The van der Waals surface area contributed by atoms with Crippen LogP contribution in [-0.2, 0) is 6.42 Å². The van der Waals surface area contributed by atoms with Gasteiger partial charge in [-0.2, -0.15) is 0 Å². The van der Waals surface area contributed by atoms with E-state index >= 15 is 0 Å². The largest absolute Gasteiger partial charge is 0.454 e. The van der Waals surface area contributed by atoms with Crippen molar-refractivity contribution in [1.29, 1.82) is 0 Å². The first-order valence-electron chi connectivity index (χ1n) is 6.23. The van der Waals surface area contributed by atoms with E-state index in [0.717, 1.165) is 25.9 Å². The van der Waals surface area contributed by atoms with Crippen LogP contribution in [0, 0.1) is 11.7 Å². The third-order valence-electron chi connectivity index (χ3n) is 3.54. The molecule has 0 amide bonds. The average Bonchev–Trinajstić information content (AvgIpc) is 2.84. The first-order chi connectivity index (χ1) is 8.75. The van der Waals surface area contributed by atoms with Gasteiger partial charge in [-0.15, -0.1) is 0 Å². The van der Waals surface area contributed by atoms with Crippen molar-refractivity contribution in [1.82, 2.24) is 5.32 Å². The highest BCUT2D eigenvalue weighted by molar-refractivity contribution is 9.10. The Kier molecular flexibility index (Phi) is 3.43. The third-order valence-corrected chi connectivity index (χ3v) is 4.12. The number of hydrogen-bond donors (Lipinski definition) is 1. The van der Waals surface area contributed by atoms with Gasteiger partial charge in [0, 0.05) is 11.6 Å². The van der Waals surface area contributed by atoms with Crippen LogP contribution in [0.25, 0.3) is 0 Å². The lowest BCUT2D eigenvalue weighted by Gasteiger charge is -2.23. The molecule has 0 saturated carbocycles. The molecule has 5 heteroatoms. The summed E-state index contributed by atoms with van der Waals surface area (Å²) in [5, 5.41) is 3.35. The molecule has 0 aromatic heterocycles. The van der Waals surface area contributed by atoms with Crippen molar-refractivity contribution < 1.29 is 13.9 Å². The Labute approximate surface area is 114 Å². The summed E-state index contributed by atoms with van der Waals surface area (Å²) in [6.07, 6.45) is 2.98. The van der Waals surface area contributed by atoms with E-state index in [1.165, 1.54) is 0 Å². The average molecular weight is 316 g/mol. The molecule has 1 N–H and O–H groups in total. The Hall–Kier alpha value is -0.810. The minimum atomic E-state index is -0.218. The van der Waals surface area contributed by atoms with Gasteiger partial charge in [0.2, 0.25) is 6.79 Å². The summed E-state index contributed by atoms with van der Waals surface area (Å²) in [6, 6.07) is 1.64. The van der Waals surface area contributed by atoms with Gasteiger partial charge in [-0.05, 0) is 54.2 Å². The van der Waals surface area contributed by atoms with Gasteiger partial charge in [-0.1, -0.05) is 0 Å². The van der Waals surface area contributed by atoms with Gasteiger partial charge in [-0.3, -0.25) is 0 Å². The van der Waals surface area contributed by atoms with Crippen LogP contribution in [0.15, 0.2) is 10.5 Å². The van der Waals surface area contributed by atoms with E-state index in [2.05, 4.69) is 21.2 Å². The SMILES string of the molecule is Fc1c(Br)cc2c(c1CC1CCCNC1)OCO2. The van der Waals surface area contributed by atoms with Crippen LogP contribution < -0.4 is 14.8 Å². The number of fused-ring (bicyclic) bond motifs is 1. The van der Waals surface area contributed by atoms with E-state index < -0.39 is 0 Å². The van der Waals surface area contributed by atoms with Crippen LogP contribution in [0.4, 0.5) is 4.39 Å². The van der Waals surface area contributed by atoms with Gasteiger partial charge < -0.3 is 14.8 Å². The summed E-state index contributed by atoms with van der Waals surface area (Å²) >= 11 is 3.24. The lowest BCUT2D eigenvalue weighted by molar-refractivity contribution is 0.172. The molecule has 1 unspecified atom stereocenters. The van der Waals surface area contributed by atoms with Crippen LogP contribution in [-0.4, -0.2) is 19.9 Å². The van der Waals surface area contributed by atoms with Gasteiger partial charge in [0.1, 0.15) is 5.82 Å². The lowest BCUT2D eigenvalue weighted by atomic mass is 9.91. The molecule has 3 nitrogen and oxygen atoms in total. The number of piperidine rings is 1. The molecule has 2 aliphatic heterocycles. The fraction of sp³-hybridized carbons (Fsp3) is 0.538. The summed E-state index contributed by atoms with van der Waals surface area (Å²) in [6.45, 7) is 2.19. The van der Waals surface area contributed by atoms with Gasteiger partial charge in [0.15, 0.2) is 11.5 Å². The highest BCUT2D eigenvalue weighted by atomic mass is 79.9. The monoisotopic (exact) mass is 315 g/mol. The van der Waals surface area contributed by atoms with Gasteiger partial charge in [-0.25, -0.2) is 4.39 Å². The molecule has 18 heavy (non-hydrogen) atoms. The minimum Gasteiger partial charge on any atom is -0.454 e. The maximum atomic E-state index is 14.2. The summed E-state index contributed by atoms with van der Waals surface area (Å²) in [4.78, 5) is 0. The van der Waals surface area contributed by atoms with E-state index in [-0.39, 0.29) is 12.6 Å². The second-order valence-electron chi connectivity index (χ2n) is 4.80. The summed E-state index contributed by atoms with van der Waals surface area (Å²) in [7, 11) is 0. The number of hydrogen-bond acceptors (Lipinski definition) is 3. The Bertz CT molecular complexity index is 461. The third kappa shape index (κ3) is 2.21. The highest BCUT2D eigenvalue weighted by Crippen LogP contribution is 2.42. The standard InChI is InChI=1S/C13H15BrFNO2/c14-10-5-11-13(18-7-17-11)9(12(10)15)4-8-2-1-3-16-6-8/h5,8,16H,1-4,6-7H2. The molecule has 1 atom stereocenters. The van der Waals surface area contributed by atoms with Crippen molar-refractivity contribution in [3.8, 4) is 11.5 Å². The van der Waals surface area contributed by atoms with E-state index in [4.69, 9.17) is 9.47 Å². The summed E-state index contributed by atoms with van der Waals surface area (Å²) < 4.78 is 25.4. The van der Waals surface area contributed by atoms with Crippen molar-refractivity contribution in [2.24, 2.45) is 5.92 Å². The zero-order chi connectivity index (χ0) is 12.5. The lowest BCUT2D eigenvalue weighted by Crippen LogP contribution is -2.31. The molecule has 0 bridgehead atoms. The maximum Gasteiger partial charge on any atom is 0.231 e. The topological polar surface area (TPSA) is 30.5 Å². The molecule has 2 aliphatic rings. The molecular formula is C13H15BrFNO2. The Morgan fingerprint density at radius 2 is 2.33 bits per heavy atom. The number of benzene rings is 1. The van der Waals surface area contributed by atoms with E-state index in [0.29, 0.717) is 33.9 Å². The van der Waals surface area contributed by atoms with Crippen LogP contribution in [0.3, 0.4) is 0 Å². The highest BCUT2D eigenvalue weighted by Gasteiger charge is 2.26. The molecule has 1 aromatic rings. The summed E-state index contributed by atoms with van der Waals surface area (Å²) in [5.74, 6) is 1.48. The van der Waals surface area contributed by atoms with Crippen molar-refractivity contribution in [3.63, 3.8) is 0 Å². The van der Waals surface area contributed by atoms with Crippen molar-refractivity contribution in [2.45, 2.75) is 19.3 Å². The molecule has 1 saturated heterocycles. The maximum absolute atomic E-state index is 14.2. The molecular weight excluding hydrogens is 301 g/mol. The molecule has 2 heterocycles. The van der Waals surface area contributed by atoms with Crippen LogP contribution in [0.2, 0.25) is 0 Å². The molecule has 1 aromatic carbocycles. The molecule has 0 aliphatic carbocycles. The second kappa shape index (κ2) is 5.05. The van der Waals surface area contributed by atoms with E-state index in [1.54, 1.807) is 6.07 Å². The first kappa shape index (κ1) is 12.2. The van der Waals surface area contributed by atoms with Crippen LogP contribution >= 0.6 is 15.9 Å². The van der Waals surface area contributed by atoms with Gasteiger partial charge in [0.25, 0.3) is 0 Å². The minimum absolute atomic E-state index is 0.182. The normalized spacial score (nSPS) is 22.2. The molecule has 1 fully saturated rings. The first-order valence-corrected chi connectivity index (χ1v) is 7.02. The van der Waals surface area contributed by atoms with Crippen LogP contribution in [0.5, 0.6) is 11.5 Å². The Balaban J connectivity index is 1.90. The fourth-order valence-electron chi connectivity index (χ4n) is 2.62. The number of nitrogens with one attached hydrogen (secondary N) is 1. The quantitative estimate of drug-likeness (QED) is 0.910. The van der Waals surface area contributed by atoms with Gasteiger partial charge in [0.05, 0.1) is 4.47 Å². The van der Waals surface area contributed by atoms with Crippen LogP contribution in [0.1, 0.15) is 18.4 Å². The molecule has 98 valence electrons. The fourth-order valence-corrected chi connectivity index (χ4v) is 3.07. The Morgan fingerprint density at radius 3 is 3.11 bits per heavy atom. The van der Waals surface area contributed by atoms with E-state index in [1.807, 2.05) is 0 Å². The van der Waals surface area contributed by atoms with Crippen molar-refractivity contribution >= 4 is 15.9 Å². The second-order valence-corrected chi connectivity index (χ2v) is 5.66. The molecule has 0 spiro atoms. The van der Waals surface area contributed by atoms with Crippen molar-refractivity contribution in [3.05, 3.63) is 21.9 Å².